The number of rotatable bonds is 25. The van der Waals surface area contributed by atoms with Crippen molar-refractivity contribution >= 4 is 76.6 Å². The minimum Gasteiger partial charge on any atom is -0.459 e. The van der Waals surface area contributed by atoms with E-state index >= 15 is 0 Å². The fourth-order valence-corrected chi connectivity index (χ4v) is 10.1. The lowest BCUT2D eigenvalue weighted by Crippen LogP contribution is -2.52. The Balaban J connectivity index is 1.34. The van der Waals surface area contributed by atoms with Crippen LogP contribution in [0.25, 0.3) is 0 Å². The average molecular weight is 1140 g/mol. The number of thioether (sulfide) groups is 1. The number of amides is 7. The Bertz CT molecular complexity index is 2400. The number of ether oxygens (including phenoxy) is 2. The van der Waals surface area contributed by atoms with Crippen LogP contribution in [-0.4, -0.2) is 222 Å². The molecule has 0 aromatic heterocycles. The van der Waals surface area contributed by atoms with E-state index in [4.69, 9.17) is 9.47 Å². The number of unbranched alkanes of at least 4 members (excludes halogenated alkanes) is 1. The van der Waals surface area contributed by atoms with E-state index in [-0.39, 0.29) is 120 Å². The molecule has 2 atom stereocenters. The molecule has 1 aromatic rings. The summed E-state index contributed by atoms with van der Waals surface area (Å²) >= 11 is 1.53. The SMILES string of the molecule is CSCC[C@H](CC(=O)c1cccc2c1CCN(C(=O)CNC(=O)N1CCN(CC(C)=O)CCN(CC(=O)OC(C)(C)C)CCN(CC(=O)OC(C)(C)C)CC1)C2)C(=O)NCC(=O)C[C@@H](CCCCNC(=O)N1CC=CC1=O)C(C)=O. The highest BCUT2D eigenvalue weighted by atomic mass is 32.2. The van der Waals surface area contributed by atoms with Crippen LogP contribution in [0.3, 0.4) is 0 Å². The van der Waals surface area contributed by atoms with E-state index in [2.05, 4.69) is 16.0 Å². The molecule has 1 aromatic carbocycles. The minimum atomic E-state index is -0.725. The maximum Gasteiger partial charge on any atom is 0.324 e. The van der Waals surface area contributed by atoms with Gasteiger partial charge in [0.05, 0.1) is 32.7 Å². The van der Waals surface area contributed by atoms with Gasteiger partial charge in [-0.3, -0.25) is 62.8 Å². The average Bonchev–Trinajstić information content (AvgIpc) is 3.90. The maximum absolute atomic E-state index is 14.0. The van der Waals surface area contributed by atoms with Crippen molar-refractivity contribution in [1.82, 2.24) is 45.3 Å². The van der Waals surface area contributed by atoms with Crippen molar-refractivity contribution in [2.75, 3.05) is 117 Å². The number of imide groups is 1. The predicted octanol–water partition coefficient (Wildman–Crippen LogP) is 3.28. The molecule has 0 radical (unpaired) electrons. The largest absolute Gasteiger partial charge is 0.459 e. The monoisotopic (exact) mass is 1140 g/mol. The quantitative estimate of drug-likeness (QED) is 0.0721. The van der Waals surface area contributed by atoms with E-state index in [9.17, 15) is 52.7 Å². The van der Waals surface area contributed by atoms with Crippen molar-refractivity contribution in [3.63, 3.8) is 0 Å². The normalized spacial score (nSPS) is 16.8. The summed E-state index contributed by atoms with van der Waals surface area (Å²) in [6, 6.07) is 4.32. The van der Waals surface area contributed by atoms with Gasteiger partial charge in [0, 0.05) is 115 Å². The summed E-state index contributed by atoms with van der Waals surface area (Å²) < 4.78 is 11.2. The standard InChI is InChI=1S/C57H87N9O13S/c1-40(67)36-61-23-24-62(38-51(73)78-56(3,4)5)25-26-63(39-52(74)79-57(6,7)8)28-30-64(29-27-61)54(76)60-35-50(72)65-22-18-46-44(37-65)15-12-16-47(46)48(70)33-43(19-31-80-9)53(75)59-34-45(69)32-42(41(2)68)14-10-11-20-58-55(77)66-21-13-17-49(66)71/h12-13,15-17,42-43H,10-11,14,18-39H2,1-9H3,(H,58,77)(H,59,75)(H,60,76)/t42-,43-/m1/s1. The lowest BCUT2D eigenvalue weighted by molar-refractivity contribution is -0.158. The zero-order valence-electron chi connectivity index (χ0n) is 48.6. The van der Waals surface area contributed by atoms with Crippen LogP contribution in [0.5, 0.6) is 0 Å². The number of carbonyl (C=O) groups is 11. The molecular weight excluding hydrogens is 1050 g/mol. The summed E-state index contributed by atoms with van der Waals surface area (Å²) in [6.07, 6.45) is 6.92. The Labute approximate surface area is 476 Å². The summed E-state index contributed by atoms with van der Waals surface area (Å²) in [4.78, 5) is 153. The summed E-state index contributed by atoms with van der Waals surface area (Å²) in [5, 5.41) is 8.20. The van der Waals surface area contributed by atoms with Gasteiger partial charge in [0.25, 0.3) is 5.91 Å². The van der Waals surface area contributed by atoms with Crippen LogP contribution < -0.4 is 16.0 Å². The number of ketones is 4. The molecule has 1 fully saturated rings. The number of nitrogens with zero attached hydrogens (tertiary/aromatic N) is 6. The number of urea groups is 2. The highest BCUT2D eigenvalue weighted by molar-refractivity contribution is 7.98. The molecule has 1 saturated heterocycles. The fourth-order valence-electron chi connectivity index (χ4n) is 9.57. The number of fused-ring (bicyclic) bond motifs is 1. The number of benzene rings is 1. The van der Waals surface area contributed by atoms with E-state index in [0.717, 1.165) is 16.0 Å². The Kier molecular flexibility index (Phi) is 26.9. The summed E-state index contributed by atoms with van der Waals surface area (Å²) in [6.45, 7) is 16.6. The van der Waals surface area contributed by atoms with Gasteiger partial charge in [0.15, 0.2) is 11.6 Å². The lowest BCUT2D eigenvalue weighted by Gasteiger charge is -2.34. The number of hydrogen-bond donors (Lipinski definition) is 3. The Hall–Kier alpha value is -6.04. The molecule has 3 N–H and O–H groups in total. The van der Waals surface area contributed by atoms with Gasteiger partial charge in [-0.25, -0.2) is 9.59 Å². The van der Waals surface area contributed by atoms with Crippen LogP contribution in [-0.2, 0) is 60.8 Å². The van der Waals surface area contributed by atoms with Crippen molar-refractivity contribution < 1.29 is 62.2 Å². The molecule has 80 heavy (non-hydrogen) atoms. The molecule has 7 amide bonds. The molecular formula is C57H87N9O13S. The third-order valence-electron chi connectivity index (χ3n) is 13.7. The number of Topliss-reactive ketones (excluding diaryl/α,β-unsaturated/α-hetero) is 4. The van der Waals surface area contributed by atoms with Gasteiger partial charge in [-0.2, -0.15) is 11.8 Å². The van der Waals surface area contributed by atoms with E-state index in [0.29, 0.717) is 82.7 Å². The number of esters is 2. The van der Waals surface area contributed by atoms with E-state index in [1.165, 1.54) is 31.7 Å². The number of nitrogens with one attached hydrogen (secondary N) is 3. The molecule has 22 nitrogen and oxygen atoms in total. The molecule has 0 saturated carbocycles. The number of carbonyl (C=O) groups excluding carboxylic acids is 11. The molecule has 444 valence electrons. The second kappa shape index (κ2) is 32.4. The van der Waals surface area contributed by atoms with Crippen LogP contribution in [0.4, 0.5) is 9.59 Å². The van der Waals surface area contributed by atoms with E-state index in [1.54, 1.807) is 69.6 Å². The van der Waals surface area contributed by atoms with E-state index in [1.807, 2.05) is 27.0 Å². The summed E-state index contributed by atoms with van der Waals surface area (Å²) in [5.74, 6) is -3.46. The minimum absolute atomic E-state index is 0.00772. The van der Waals surface area contributed by atoms with Gasteiger partial charge >= 0.3 is 24.0 Å². The van der Waals surface area contributed by atoms with Gasteiger partial charge in [0.1, 0.15) is 22.8 Å². The summed E-state index contributed by atoms with van der Waals surface area (Å²) in [7, 11) is 0. The van der Waals surface area contributed by atoms with Crippen molar-refractivity contribution in [3.8, 4) is 0 Å². The number of hydrogen-bond acceptors (Lipinski definition) is 17. The Morgan fingerprint density at radius 3 is 1.81 bits per heavy atom. The van der Waals surface area contributed by atoms with Crippen molar-refractivity contribution in [2.45, 2.75) is 118 Å². The second-order valence-corrected chi connectivity index (χ2v) is 23.8. The Morgan fingerprint density at radius 2 is 1.26 bits per heavy atom. The smallest absolute Gasteiger partial charge is 0.324 e. The maximum atomic E-state index is 14.0. The second-order valence-electron chi connectivity index (χ2n) is 22.8. The van der Waals surface area contributed by atoms with Gasteiger partial charge in [-0.05, 0) is 104 Å². The van der Waals surface area contributed by atoms with Crippen LogP contribution in [0.15, 0.2) is 30.4 Å². The van der Waals surface area contributed by atoms with Crippen molar-refractivity contribution in [2.24, 2.45) is 11.8 Å². The highest BCUT2D eigenvalue weighted by Gasteiger charge is 2.31. The van der Waals surface area contributed by atoms with Crippen molar-refractivity contribution in [1.29, 1.82) is 0 Å². The van der Waals surface area contributed by atoms with Gasteiger partial charge < -0.3 is 35.2 Å². The topological polar surface area (TPSA) is 262 Å². The van der Waals surface area contributed by atoms with Crippen LogP contribution in [0.1, 0.15) is 115 Å². The molecule has 3 aliphatic rings. The molecule has 23 heteroatoms. The van der Waals surface area contributed by atoms with Crippen molar-refractivity contribution in [3.05, 3.63) is 47.0 Å². The van der Waals surface area contributed by atoms with Gasteiger partial charge in [-0.1, -0.05) is 30.7 Å². The predicted molar refractivity (Wildman–Crippen MR) is 303 cm³/mol. The third kappa shape index (κ3) is 24.0. The zero-order chi connectivity index (χ0) is 59.2. The summed E-state index contributed by atoms with van der Waals surface area (Å²) in [5.41, 5.74) is 0.596. The van der Waals surface area contributed by atoms with Gasteiger partial charge in [0.2, 0.25) is 11.8 Å². The molecule has 3 heterocycles. The molecule has 0 aliphatic carbocycles. The molecule has 3 aliphatic heterocycles. The fraction of sp³-hybridized carbons (Fsp3) is 0.667. The first-order valence-electron chi connectivity index (χ1n) is 27.8. The zero-order valence-corrected chi connectivity index (χ0v) is 49.4. The van der Waals surface area contributed by atoms with Crippen LogP contribution >= 0.6 is 11.8 Å². The van der Waals surface area contributed by atoms with Crippen LogP contribution in [0, 0.1) is 11.8 Å². The Morgan fingerprint density at radius 1 is 0.662 bits per heavy atom. The first kappa shape index (κ1) is 66.5. The first-order valence-corrected chi connectivity index (χ1v) is 29.2. The first-order chi connectivity index (χ1) is 37.7. The van der Waals surface area contributed by atoms with Crippen LogP contribution in [0.2, 0.25) is 0 Å². The van der Waals surface area contributed by atoms with Gasteiger partial charge in [-0.15, -0.1) is 0 Å². The molecule has 4 rings (SSSR count). The van der Waals surface area contributed by atoms with E-state index < -0.39 is 52.9 Å². The third-order valence-corrected chi connectivity index (χ3v) is 14.4. The highest BCUT2D eigenvalue weighted by Crippen LogP contribution is 2.26. The molecule has 0 unspecified atom stereocenters. The molecule has 0 spiro atoms. The molecule has 0 bridgehead atoms. The lowest BCUT2D eigenvalue weighted by atomic mass is 9.88.